The summed E-state index contributed by atoms with van der Waals surface area (Å²) in [5.74, 6) is 0. The first-order valence-corrected chi connectivity index (χ1v) is 2.61. The molecule has 1 aliphatic rings. The molecule has 4 nitrogen and oxygen atoms in total. The highest BCUT2D eigenvalue weighted by atomic mass is 17.2. The van der Waals surface area contributed by atoms with Crippen molar-refractivity contribution in [1.29, 1.82) is 0 Å². The second-order valence-electron chi connectivity index (χ2n) is 1.45. The number of hydrogen-bond donors (Lipinski definition) is 0. The Morgan fingerprint density at radius 1 is 0.889 bits per heavy atom. The standard InChI is InChI=1S/C3H6.C2H2O4/c1-2-3-1;3-1-5-6-2-4/h1-3H2;1-2H. The second kappa shape index (κ2) is 6.94. The Kier molecular flexibility index (Phi) is 6.12. The van der Waals surface area contributed by atoms with Crippen molar-refractivity contribution in [2.45, 2.75) is 19.3 Å². The van der Waals surface area contributed by atoms with Gasteiger partial charge in [-0.05, 0) is 0 Å². The second-order valence-corrected chi connectivity index (χ2v) is 1.45. The molecule has 0 atom stereocenters. The molecule has 1 aliphatic carbocycles. The van der Waals surface area contributed by atoms with Crippen molar-refractivity contribution < 1.29 is 19.4 Å². The zero-order valence-corrected chi connectivity index (χ0v) is 4.91. The largest absolute Gasteiger partial charge is 0.344 e. The maximum atomic E-state index is 9.06. The van der Waals surface area contributed by atoms with Crippen LogP contribution < -0.4 is 0 Å². The van der Waals surface area contributed by atoms with Gasteiger partial charge in [-0.25, -0.2) is 0 Å². The van der Waals surface area contributed by atoms with Crippen LogP contribution in [-0.2, 0) is 19.4 Å². The van der Waals surface area contributed by atoms with E-state index in [1.54, 1.807) is 0 Å². The summed E-state index contributed by atoms with van der Waals surface area (Å²) in [5.41, 5.74) is 0. The Labute approximate surface area is 52.7 Å². The zero-order chi connectivity index (χ0) is 6.95. The van der Waals surface area contributed by atoms with Gasteiger partial charge in [-0.3, -0.25) is 19.4 Å². The fourth-order valence-corrected chi connectivity index (χ4v) is 0.0454. The third-order valence-corrected chi connectivity index (χ3v) is 0.488. The first-order chi connectivity index (χ1) is 4.41. The molecular formula is C5H8O4. The summed E-state index contributed by atoms with van der Waals surface area (Å²) in [5, 5.41) is 0. The lowest BCUT2D eigenvalue weighted by atomic mass is 11.0. The predicted molar refractivity (Wildman–Crippen MR) is 28.1 cm³/mol. The average molecular weight is 132 g/mol. The molecule has 0 aromatic rings. The lowest BCUT2D eigenvalue weighted by molar-refractivity contribution is -0.235. The van der Waals surface area contributed by atoms with Gasteiger partial charge in [0, 0.05) is 0 Å². The minimum absolute atomic E-state index is 0.00833. The molecule has 0 N–H and O–H groups in total. The topological polar surface area (TPSA) is 52.6 Å². The average Bonchev–Trinajstić information content (AvgIpc) is 2.67. The van der Waals surface area contributed by atoms with Crippen LogP contribution in [0.1, 0.15) is 19.3 Å². The molecule has 0 amide bonds. The van der Waals surface area contributed by atoms with E-state index in [9.17, 15) is 0 Å². The van der Waals surface area contributed by atoms with Gasteiger partial charge in [0.15, 0.2) is 0 Å². The van der Waals surface area contributed by atoms with E-state index < -0.39 is 0 Å². The van der Waals surface area contributed by atoms with Gasteiger partial charge in [0.05, 0.1) is 0 Å². The van der Waals surface area contributed by atoms with Crippen LogP contribution in [0.25, 0.3) is 0 Å². The first-order valence-electron chi connectivity index (χ1n) is 2.61. The number of carbonyl (C=O) groups is 2. The smallest absolute Gasteiger partial charge is 0.251 e. The third kappa shape index (κ3) is 19.6. The number of hydrogen-bond acceptors (Lipinski definition) is 4. The van der Waals surface area contributed by atoms with Crippen LogP contribution in [0.3, 0.4) is 0 Å². The minimum Gasteiger partial charge on any atom is -0.251 e. The molecule has 0 bridgehead atoms. The Morgan fingerprint density at radius 3 is 1.33 bits per heavy atom. The minimum atomic E-state index is 0.00833. The molecule has 9 heavy (non-hydrogen) atoms. The maximum absolute atomic E-state index is 9.06. The van der Waals surface area contributed by atoms with Crippen molar-refractivity contribution in [3.63, 3.8) is 0 Å². The molecule has 1 saturated carbocycles. The van der Waals surface area contributed by atoms with Crippen molar-refractivity contribution in [3.05, 3.63) is 0 Å². The van der Waals surface area contributed by atoms with Gasteiger partial charge >= 0.3 is 12.9 Å². The molecule has 0 saturated heterocycles. The van der Waals surface area contributed by atoms with E-state index in [1.807, 2.05) is 0 Å². The number of carbonyl (C=O) groups excluding carboxylic acids is 2. The lowest BCUT2D eigenvalue weighted by Crippen LogP contribution is -1.85. The monoisotopic (exact) mass is 132 g/mol. The summed E-state index contributed by atoms with van der Waals surface area (Å²) < 4.78 is 0. The Morgan fingerprint density at radius 2 is 1.22 bits per heavy atom. The summed E-state index contributed by atoms with van der Waals surface area (Å²) in [6, 6.07) is 0. The molecule has 0 spiro atoms. The van der Waals surface area contributed by atoms with Gasteiger partial charge in [0.1, 0.15) is 0 Å². The van der Waals surface area contributed by atoms with E-state index in [-0.39, 0.29) is 12.9 Å². The lowest BCUT2D eigenvalue weighted by Gasteiger charge is -1.80. The van der Waals surface area contributed by atoms with Crippen LogP contribution in [0, 0.1) is 0 Å². The third-order valence-electron chi connectivity index (χ3n) is 0.488. The van der Waals surface area contributed by atoms with Crippen LogP contribution >= 0.6 is 0 Å². The molecule has 0 aromatic carbocycles. The van der Waals surface area contributed by atoms with E-state index in [2.05, 4.69) is 9.78 Å². The SMILES string of the molecule is C1CC1.O=COOC=O. The fraction of sp³-hybridized carbons (Fsp3) is 0.600. The predicted octanol–water partition coefficient (Wildman–Crippen LogP) is 0.418. The van der Waals surface area contributed by atoms with Gasteiger partial charge < -0.3 is 0 Å². The van der Waals surface area contributed by atoms with E-state index in [4.69, 9.17) is 9.59 Å². The fourth-order valence-electron chi connectivity index (χ4n) is 0.0454. The summed E-state index contributed by atoms with van der Waals surface area (Å²) >= 11 is 0. The highest BCUT2D eigenvalue weighted by Gasteiger charge is 1.95. The quantitative estimate of drug-likeness (QED) is 0.241. The molecule has 1 fully saturated rings. The Balaban J connectivity index is 0.000000173. The van der Waals surface area contributed by atoms with Crippen molar-refractivity contribution >= 4 is 12.9 Å². The Hall–Kier alpha value is -1.06. The van der Waals surface area contributed by atoms with Gasteiger partial charge in [0.2, 0.25) is 0 Å². The molecule has 0 heterocycles. The Bertz CT molecular complexity index is 68.3. The highest BCUT2D eigenvalue weighted by molar-refractivity contribution is 5.40. The first kappa shape index (κ1) is 7.94. The van der Waals surface area contributed by atoms with Gasteiger partial charge in [-0.2, -0.15) is 0 Å². The van der Waals surface area contributed by atoms with Crippen molar-refractivity contribution in [3.8, 4) is 0 Å². The van der Waals surface area contributed by atoms with E-state index >= 15 is 0 Å². The molecular weight excluding hydrogens is 124 g/mol. The van der Waals surface area contributed by atoms with Crippen molar-refractivity contribution in [1.82, 2.24) is 0 Å². The van der Waals surface area contributed by atoms with Crippen LogP contribution in [0.15, 0.2) is 0 Å². The normalized spacial score (nSPS) is 12.0. The van der Waals surface area contributed by atoms with Crippen LogP contribution in [0.5, 0.6) is 0 Å². The molecule has 4 heteroatoms. The molecule has 0 aromatic heterocycles. The summed E-state index contributed by atoms with van der Waals surface area (Å²) in [4.78, 5) is 25.0. The van der Waals surface area contributed by atoms with E-state index in [0.717, 1.165) is 0 Å². The molecule has 1 rings (SSSR count). The van der Waals surface area contributed by atoms with E-state index in [1.165, 1.54) is 19.3 Å². The van der Waals surface area contributed by atoms with Gasteiger partial charge in [-0.1, -0.05) is 19.3 Å². The summed E-state index contributed by atoms with van der Waals surface area (Å²) in [7, 11) is 0. The van der Waals surface area contributed by atoms with E-state index in [0.29, 0.717) is 0 Å². The number of rotatable bonds is 3. The van der Waals surface area contributed by atoms with Crippen LogP contribution in [-0.4, -0.2) is 12.9 Å². The highest BCUT2D eigenvalue weighted by Crippen LogP contribution is 2.14. The molecule has 52 valence electrons. The zero-order valence-electron chi connectivity index (χ0n) is 4.91. The van der Waals surface area contributed by atoms with Crippen LogP contribution in [0.4, 0.5) is 0 Å². The molecule has 0 unspecified atom stereocenters. The molecule has 0 radical (unpaired) electrons. The van der Waals surface area contributed by atoms with Crippen LogP contribution in [0.2, 0.25) is 0 Å². The van der Waals surface area contributed by atoms with Gasteiger partial charge in [-0.15, -0.1) is 0 Å². The summed E-state index contributed by atoms with van der Waals surface area (Å²) in [6.07, 6.45) is 4.50. The van der Waals surface area contributed by atoms with Crippen molar-refractivity contribution in [2.24, 2.45) is 0 Å². The van der Waals surface area contributed by atoms with Gasteiger partial charge in [0.25, 0.3) is 0 Å². The van der Waals surface area contributed by atoms with Crippen molar-refractivity contribution in [2.75, 3.05) is 0 Å². The maximum Gasteiger partial charge on any atom is 0.344 e. The molecule has 0 aliphatic heterocycles. The summed E-state index contributed by atoms with van der Waals surface area (Å²) in [6.45, 7) is 0.0167.